The highest BCUT2D eigenvalue weighted by atomic mass is 16.5. The lowest BCUT2D eigenvalue weighted by molar-refractivity contribution is 0.249. The van der Waals surface area contributed by atoms with Gasteiger partial charge >= 0.3 is 6.03 Å². The van der Waals surface area contributed by atoms with Gasteiger partial charge in [0.05, 0.1) is 6.21 Å². The Labute approximate surface area is 123 Å². The van der Waals surface area contributed by atoms with Gasteiger partial charge in [0.2, 0.25) is 0 Å². The Morgan fingerprint density at radius 3 is 2.48 bits per heavy atom. The summed E-state index contributed by atoms with van der Waals surface area (Å²) in [5, 5.41) is 3.68. The van der Waals surface area contributed by atoms with Crippen LogP contribution in [0.2, 0.25) is 0 Å². The van der Waals surface area contributed by atoms with Gasteiger partial charge in [-0.05, 0) is 42.3 Å². The largest absolute Gasteiger partial charge is 0.489 e. The van der Waals surface area contributed by atoms with E-state index in [0.29, 0.717) is 6.61 Å². The van der Waals surface area contributed by atoms with Crippen molar-refractivity contribution < 1.29 is 9.53 Å². The predicted molar refractivity (Wildman–Crippen MR) is 82.3 cm³/mol. The highest BCUT2D eigenvalue weighted by Gasteiger charge is 1.96. The first-order chi connectivity index (χ1) is 10.1. The Bertz CT molecular complexity index is 619. The van der Waals surface area contributed by atoms with Crippen LogP contribution < -0.4 is 15.9 Å². The van der Waals surface area contributed by atoms with E-state index in [1.54, 1.807) is 0 Å². The smallest absolute Gasteiger partial charge is 0.332 e. The Kier molecular flexibility index (Phi) is 4.93. The summed E-state index contributed by atoms with van der Waals surface area (Å²) < 4.78 is 5.70. The molecule has 0 fully saturated rings. The summed E-state index contributed by atoms with van der Waals surface area (Å²) in [6.45, 7) is 2.58. The third-order valence-corrected chi connectivity index (χ3v) is 2.79. The van der Waals surface area contributed by atoms with Crippen LogP contribution in [0.3, 0.4) is 0 Å². The maximum Gasteiger partial charge on any atom is 0.332 e. The molecule has 0 spiro atoms. The van der Waals surface area contributed by atoms with Gasteiger partial charge in [-0.2, -0.15) is 5.10 Å². The average molecular weight is 283 g/mol. The average Bonchev–Trinajstić information content (AvgIpc) is 2.48. The molecular weight excluding hydrogens is 266 g/mol. The number of primary amides is 1. The molecule has 0 aliphatic carbocycles. The SMILES string of the molecule is Cc1ccc(COc2ccc(/C=N/NC(N)=O)cc2)cc1. The molecule has 0 heterocycles. The number of hydrogen-bond acceptors (Lipinski definition) is 3. The van der Waals surface area contributed by atoms with Crippen molar-refractivity contribution >= 4 is 12.2 Å². The molecule has 0 aliphatic heterocycles. The molecule has 0 radical (unpaired) electrons. The zero-order chi connectivity index (χ0) is 15.1. The first-order valence-electron chi connectivity index (χ1n) is 6.50. The summed E-state index contributed by atoms with van der Waals surface area (Å²) in [5.74, 6) is 0.774. The van der Waals surface area contributed by atoms with Crippen molar-refractivity contribution in [1.82, 2.24) is 5.43 Å². The van der Waals surface area contributed by atoms with Gasteiger partial charge in [0.25, 0.3) is 0 Å². The molecule has 2 rings (SSSR count). The van der Waals surface area contributed by atoms with E-state index in [9.17, 15) is 4.79 Å². The van der Waals surface area contributed by atoms with Crippen LogP contribution in [0.5, 0.6) is 5.75 Å². The van der Waals surface area contributed by atoms with Gasteiger partial charge in [-0.1, -0.05) is 29.8 Å². The lowest BCUT2D eigenvalue weighted by Crippen LogP contribution is -2.24. The number of carbonyl (C=O) groups excluding carboxylic acids is 1. The number of rotatable bonds is 5. The van der Waals surface area contributed by atoms with Gasteiger partial charge in [0.15, 0.2) is 0 Å². The van der Waals surface area contributed by atoms with Crippen molar-refractivity contribution in [2.24, 2.45) is 10.8 Å². The molecule has 0 atom stereocenters. The van der Waals surface area contributed by atoms with Gasteiger partial charge in [-0.15, -0.1) is 0 Å². The first-order valence-corrected chi connectivity index (χ1v) is 6.50. The van der Waals surface area contributed by atoms with Crippen LogP contribution in [0, 0.1) is 6.92 Å². The molecule has 0 aromatic heterocycles. The number of aryl methyl sites for hydroxylation is 1. The molecule has 5 heteroatoms. The van der Waals surface area contributed by atoms with Gasteiger partial charge in [-0.25, -0.2) is 10.2 Å². The maximum absolute atomic E-state index is 10.5. The second-order valence-corrected chi connectivity index (χ2v) is 4.58. The fourth-order valence-electron chi connectivity index (χ4n) is 1.67. The van der Waals surface area contributed by atoms with Crippen LogP contribution in [0.1, 0.15) is 16.7 Å². The Morgan fingerprint density at radius 2 is 1.86 bits per heavy atom. The van der Waals surface area contributed by atoms with Crippen molar-refractivity contribution in [3.63, 3.8) is 0 Å². The van der Waals surface area contributed by atoms with Crippen molar-refractivity contribution in [1.29, 1.82) is 0 Å². The van der Waals surface area contributed by atoms with E-state index >= 15 is 0 Å². The molecule has 0 bridgehead atoms. The van der Waals surface area contributed by atoms with Crippen molar-refractivity contribution in [3.05, 3.63) is 65.2 Å². The second-order valence-electron chi connectivity index (χ2n) is 4.58. The van der Waals surface area contributed by atoms with Crippen LogP contribution in [0.4, 0.5) is 4.79 Å². The van der Waals surface area contributed by atoms with Crippen LogP contribution in [-0.4, -0.2) is 12.2 Å². The molecule has 0 aliphatic rings. The number of hydrogen-bond donors (Lipinski definition) is 2. The minimum atomic E-state index is -0.690. The van der Waals surface area contributed by atoms with E-state index < -0.39 is 6.03 Å². The fourth-order valence-corrected chi connectivity index (χ4v) is 1.67. The highest BCUT2D eigenvalue weighted by molar-refractivity contribution is 5.81. The predicted octanol–water partition coefficient (Wildman–Crippen LogP) is 2.58. The number of carbonyl (C=O) groups is 1. The van der Waals surface area contributed by atoms with E-state index in [0.717, 1.165) is 16.9 Å². The molecule has 2 amide bonds. The lowest BCUT2D eigenvalue weighted by Gasteiger charge is -2.06. The van der Waals surface area contributed by atoms with Crippen molar-refractivity contribution in [2.45, 2.75) is 13.5 Å². The van der Waals surface area contributed by atoms with Crippen LogP contribution in [-0.2, 0) is 6.61 Å². The first kappa shape index (κ1) is 14.6. The molecule has 0 saturated carbocycles. The third kappa shape index (κ3) is 4.99. The number of nitrogens with zero attached hydrogens (tertiary/aromatic N) is 1. The quantitative estimate of drug-likeness (QED) is 0.653. The molecule has 2 aromatic carbocycles. The number of benzene rings is 2. The minimum absolute atomic E-state index is 0.525. The number of nitrogens with two attached hydrogens (primary N) is 1. The normalized spacial score (nSPS) is 10.5. The third-order valence-electron chi connectivity index (χ3n) is 2.79. The number of ether oxygens (including phenoxy) is 1. The minimum Gasteiger partial charge on any atom is -0.489 e. The van der Waals surface area contributed by atoms with Gasteiger partial charge in [-0.3, -0.25) is 0 Å². The number of amides is 2. The van der Waals surface area contributed by atoms with E-state index in [4.69, 9.17) is 10.5 Å². The zero-order valence-corrected chi connectivity index (χ0v) is 11.7. The van der Waals surface area contributed by atoms with Crippen molar-refractivity contribution in [2.75, 3.05) is 0 Å². The summed E-state index contributed by atoms with van der Waals surface area (Å²) in [6, 6.07) is 14.9. The maximum atomic E-state index is 10.5. The summed E-state index contributed by atoms with van der Waals surface area (Å²) in [7, 11) is 0. The number of hydrazone groups is 1. The molecular formula is C16H17N3O2. The lowest BCUT2D eigenvalue weighted by atomic mass is 10.2. The topological polar surface area (TPSA) is 76.7 Å². The van der Waals surface area contributed by atoms with E-state index in [-0.39, 0.29) is 0 Å². The Balaban J connectivity index is 1.88. The van der Waals surface area contributed by atoms with E-state index in [1.807, 2.05) is 36.4 Å². The van der Waals surface area contributed by atoms with Crippen LogP contribution in [0.15, 0.2) is 53.6 Å². The second kappa shape index (κ2) is 7.09. The molecule has 5 nitrogen and oxygen atoms in total. The highest BCUT2D eigenvalue weighted by Crippen LogP contribution is 2.13. The molecule has 2 aromatic rings. The molecule has 21 heavy (non-hydrogen) atoms. The Hall–Kier alpha value is -2.82. The zero-order valence-electron chi connectivity index (χ0n) is 11.7. The van der Waals surface area contributed by atoms with Crippen molar-refractivity contribution in [3.8, 4) is 5.75 Å². The van der Waals surface area contributed by atoms with Gasteiger partial charge in [0.1, 0.15) is 12.4 Å². The van der Waals surface area contributed by atoms with E-state index in [2.05, 4.69) is 29.6 Å². The molecule has 0 unspecified atom stereocenters. The number of nitrogens with one attached hydrogen (secondary N) is 1. The summed E-state index contributed by atoms with van der Waals surface area (Å²) in [6.07, 6.45) is 1.51. The standard InChI is InChI=1S/C16H17N3O2/c1-12-2-4-14(5-3-12)11-21-15-8-6-13(7-9-15)10-18-19-16(17)20/h2-10H,11H2,1H3,(H3,17,19,20)/b18-10+. The van der Waals surface area contributed by atoms with Gasteiger partial charge in [0, 0.05) is 0 Å². The molecule has 3 N–H and O–H groups in total. The van der Waals surface area contributed by atoms with E-state index in [1.165, 1.54) is 11.8 Å². The Morgan fingerprint density at radius 1 is 1.19 bits per heavy atom. The van der Waals surface area contributed by atoms with Crippen LogP contribution >= 0.6 is 0 Å². The fraction of sp³-hybridized carbons (Fsp3) is 0.125. The summed E-state index contributed by atoms with van der Waals surface area (Å²) >= 11 is 0. The number of urea groups is 1. The van der Waals surface area contributed by atoms with Crippen LogP contribution in [0.25, 0.3) is 0 Å². The summed E-state index contributed by atoms with van der Waals surface area (Å²) in [4.78, 5) is 10.5. The molecule has 0 saturated heterocycles. The van der Waals surface area contributed by atoms with Gasteiger partial charge < -0.3 is 10.5 Å². The monoisotopic (exact) mass is 283 g/mol. The summed E-state index contributed by atoms with van der Waals surface area (Å²) in [5.41, 5.74) is 10.2. The molecule has 108 valence electrons.